The van der Waals surface area contributed by atoms with E-state index in [1.54, 1.807) is 24.3 Å². The summed E-state index contributed by atoms with van der Waals surface area (Å²) in [5, 5.41) is 0.606. The molecule has 2 rings (SSSR count). The molecule has 0 radical (unpaired) electrons. The molecule has 2 aromatic carbocycles. The predicted molar refractivity (Wildman–Crippen MR) is 67.6 cm³/mol. The molecule has 0 spiro atoms. The molecule has 0 fully saturated rings. The fourth-order valence-corrected chi connectivity index (χ4v) is 3.04. The molecule has 0 N–H and O–H groups in total. The van der Waals surface area contributed by atoms with Gasteiger partial charge in [-0.25, -0.2) is 0 Å². The Morgan fingerprint density at radius 3 is 2.44 bits per heavy atom. The first-order valence-electron chi connectivity index (χ1n) is 4.78. The van der Waals surface area contributed by atoms with Gasteiger partial charge in [0, 0.05) is 0 Å². The summed E-state index contributed by atoms with van der Waals surface area (Å²) in [6, 6.07) is 16.9. The molecule has 1 nitrogen and oxygen atoms in total. The van der Waals surface area contributed by atoms with Crippen molar-refractivity contribution in [1.29, 1.82) is 0 Å². The van der Waals surface area contributed by atoms with Crippen LogP contribution in [0.1, 0.15) is 10.4 Å². The van der Waals surface area contributed by atoms with Crippen molar-refractivity contribution in [1.82, 2.24) is 0 Å². The Balaban J connectivity index is 2.15. The van der Waals surface area contributed by atoms with E-state index in [9.17, 15) is 4.79 Å². The van der Waals surface area contributed by atoms with E-state index >= 15 is 0 Å². The van der Waals surface area contributed by atoms with Gasteiger partial charge in [-0.3, -0.25) is 0 Å². The number of hydrogen-bond donors (Lipinski definition) is 0. The fourth-order valence-electron chi connectivity index (χ4n) is 1.27. The molecule has 0 aromatic heterocycles. The second-order valence-electron chi connectivity index (χ2n) is 3.21. The molecule has 3 heteroatoms. The monoisotopic (exact) mass is 296 g/mol. The van der Waals surface area contributed by atoms with E-state index in [1.165, 1.54) is 0 Å². The van der Waals surface area contributed by atoms with Gasteiger partial charge in [0.2, 0.25) is 0 Å². The van der Waals surface area contributed by atoms with Crippen LogP contribution in [0.2, 0.25) is 5.02 Å². The Labute approximate surface area is 106 Å². The van der Waals surface area contributed by atoms with Crippen LogP contribution in [0.15, 0.2) is 54.6 Å². The van der Waals surface area contributed by atoms with Crippen LogP contribution in [0.5, 0.6) is 0 Å². The van der Waals surface area contributed by atoms with E-state index in [0.29, 0.717) is 10.6 Å². The Morgan fingerprint density at radius 1 is 1.00 bits per heavy atom. The van der Waals surface area contributed by atoms with Gasteiger partial charge in [0.25, 0.3) is 0 Å². The van der Waals surface area contributed by atoms with Gasteiger partial charge in [-0.2, -0.15) is 0 Å². The summed E-state index contributed by atoms with van der Waals surface area (Å²) in [5.74, 6) is 0. The van der Waals surface area contributed by atoms with Crippen LogP contribution in [0.25, 0.3) is 0 Å². The molecular weight excluding hydrogens is 287 g/mol. The Kier molecular flexibility index (Phi) is 3.78. The number of rotatable bonds is 3. The molecule has 80 valence electrons. The zero-order valence-electron chi connectivity index (χ0n) is 8.39. The molecule has 0 heterocycles. The van der Waals surface area contributed by atoms with Crippen LogP contribution in [0.4, 0.5) is 0 Å². The summed E-state index contributed by atoms with van der Waals surface area (Å²) in [4.78, 5) is 11.9. The number of carbonyl (C=O) groups is 1. The van der Waals surface area contributed by atoms with Crippen molar-refractivity contribution in [3.63, 3.8) is 0 Å². The standard InChI is InChI=1S/C13H9ClOSe/c14-11-6-4-5-10(9-11)13(15)16-12-7-2-1-3-8-12/h1-9H. The van der Waals surface area contributed by atoms with E-state index < -0.39 is 0 Å². The first-order chi connectivity index (χ1) is 7.75. The van der Waals surface area contributed by atoms with Crippen molar-refractivity contribution < 1.29 is 4.79 Å². The van der Waals surface area contributed by atoms with Gasteiger partial charge in [0.05, 0.1) is 0 Å². The molecule has 0 amide bonds. The van der Waals surface area contributed by atoms with Crippen molar-refractivity contribution in [2.45, 2.75) is 0 Å². The topological polar surface area (TPSA) is 17.1 Å². The Hall–Kier alpha value is -1.08. The number of benzene rings is 2. The Bertz CT molecular complexity index is 496. The van der Waals surface area contributed by atoms with Gasteiger partial charge in [0.1, 0.15) is 0 Å². The average molecular weight is 296 g/mol. The number of halogens is 1. The normalized spacial score (nSPS) is 10.1. The van der Waals surface area contributed by atoms with Crippen molar-refractivity contribution in [2.75, 3.05) is 0 Å². The maximum atomic E-state index is 11.9. The van der Waals surface area contributed by atoms with E-state index in [1.807, 2.05) is 30.3 Å². The molecule has 0 unspecified atom stereocenters. The molecular formula is C13H9ClOSe. The van der Waals surface area contributed by atoms with Crippen LogP contribution in [0, 0.1) is 0 Å². The second-order valence-corrected chi connectivity index (χ2v) is 5.84. The average Bonchev–Trinajstić information content (AvgIpc) is 2.30. The van der Waals surface area contributed by atoms with Gasteiger partial charge >= 0.3 is 106 Å². The second kappa shape index (κ2) is 5.31. The zero-order valence-corrected chi connectivity index (χ0v) is 10.9. The molecule has 2 aromatic rings. The number of hydrogen-bond acceptors (Lipinski definition) is 1. The van der Waals surface area contributed by atoms with Crippen LogP contribution in [-0.2, 0) is 0 Å². The van der Waals surface area contributed by atoms with Gasteiger partial charge in [-0.1, -0.05) is 0 Å². The van der Waals surface area contributed by atoms with Gasteiger partial charge in [-0.15, -0.1) is 0 Å². The van der Waals surface area contributed by atoms with Crippen molar-refractivity contribution in [3.8, 4) is 0 Å². The SMILES string of the molecule is O=C([Se]c1ccccc1)c1cccc(Cl)c1. The minimum atomic E-state index is -0.175. The molecule has 0 aliphatic heterocycles. The summed E-state index contributed by atoms with van der Waals surface area (Å²) >= 11 is 5.67. The molecule has 0 saturated heterocycles. The van der Waals surface area contributed by atoms with Crippen molar-refractivity contribution in [2.24, 2.45) is 0 Å². The molecule has 0 bridgehead atoms. The summed E-state index contributed by atoms with van der Waals surface area (Å²) in [5.41, 5.74) is 0.691. The molecule has 0 aliphatic carbocycles. The first-order valence-corrected chi connectivity index (χ1v) is 6.87. The number of carbonyl (C=O) groups excluding carboxylic acids is 1. The third-order valence-electron chi connectivity index (χ3n) is 2.01. The van der Waals surface area contributed by atoms with Gasteiger partial charge in [0.15, 0.2) is 0 Å². The van der Waals surface area contributed by atoms with Crippen molar-refractivity contribution in [3.05, 3.63) is 65.2 Å². The molecule has 0 atom stereocenters. The van der Waals surface area contributed by atoms with Gasteiger partial charge < -0.3 is 0 Å². The fraction of sp³-hybridized carbons (Fsp3) is 0. The van der Waals surface area contributed by atoms with E-state index in [-0.39, 0.29) is 19.6 Å². The van der Waals surface area contributed by atoms with Gasteiger partial charge in [-0.05, 0) is 0 Å². The maximum absolute atomic E-state index is 11.9. The van der Waals surface area contributed by atoms with E-state index in [4.69, 9.17) is 11.6 Å². The molecule has 0 saturated carbocycles. The van der Waals surface area contributed by atoms with Crippen LogP contribution in [0.3, 0.4) is 0 Å². The summed E-state index contributed by atoms with van der Waals surface area (Å²) in [6.45, 7) is 0. The third-order valence-corrected chi connectivity index (χ3v) is 4.20. The first kappa shape index (κ1) is 11.4. The third kappa shape index (κ3) is 2.96. The van der Waals surface area contributed by atoms with E-state index in [0.717, 1.165) is 4.46 Å². The quantitative estimate of drug-likeness (QED) is 0.795. The van der Waals surface area contributed by atoms with Crippen molar-refractivity contribution >= 4 is 35.7 Å². The van der Waals surface area contributed by atoms with Crippen LogP contribution in [-0.4, -0.2) is 19.6 Å². The predicted octanol–water partition coefficient (Wildman–Crippen LogP) is 2.51. The minimum absolute atomic E-state index is 0.154. The summed E-state index contributed by atoms with van der Waals surface area (Å²) in [6.07, 6.45) is 0. The summed E-state index contributed by atoms with van der Waals surface area (Å²) < 4.78 is 1.24. The Morgan fingerprint density at radius 2 is 1.75 bits per heavy atom. The van der Waals surface area contributed by atoms with Crippen LogP contribution < -0.4 is 4.46 Å². The zero-order chi connectivity index (χ0) is 11.4. The molecule has 16 heavy (non-hydrogen) atoms. The molecule has 0 aliphatic rings. The van der Waals surface area contributed by atoms with E-state index in [2.05, 4.69) is 0 Å². The summed E-state index contributed by atoms with van der Waals surface area (Å²) in [7, 11) is 0. The van der Waals surface area contributed by atoms with Crippen LogP contribution >= 0.6 is 11.6 Å².